The fraction of sp³-hybridized carbons (Fsp3) is 0.333. The van der Waals surface area contributed by atoms with Gasteiger partial charge in [0.25, 0.3) is 11.8 Å². The molecule has 1 unspecified atom stereocenters. The Hall–Kier alpha value is -3.76. The summed E-state index contributed by atoms with van der Waals surface area (Å²) < 4.78 is 0. The lowest BCUT2D eigenvalue weighted by molar-refractivity contribution is -0.125. The zero-order chi connectivity index (χ0) is 31.6. The van der Waals surface area contributed by atoms with E-state index in [1.54, 1.807) is 29.2 Å². The van der Waals surface area contributed by atoms with E-state index in [0.717, 1.165) is 35.2 Å². The largest absolute Gasteiger partial charge is 0.395 e. The normalized spacial score (nSPS) is 13.1. The van der Waals surface area contributed by atoms with E-state index in [0.29, 0.717) is 60.2 Å². The van der Waals surface area contributed by atoms with Crippen LogP contribution in [-0.2, 0) is 35.6 Å². The van der Waals surface area contributed by atoms with Crippen LogP contribution in [0.3, 0.4) is 0 Å². The highest BCUT2D eigenvalue weighted by molar-refractivity contribution is 6.42. The van der Waals surface area contributed by atoms with E-state index < -0.39 is 0 Å². The summed E-state index contributed by atoms with van der Waals surface area (Å²) in [5.74, 6) is -0.760. The molecule has 1 atom stereocenters. The first-order valence-electron chi connectivity index (χ1n) is 14.5. The molecule has 0 saturated heterocycles. The molecular formula is C33H36Cl2N4O5. The van der Waals surface area contributed by atoms with Crippen LogP contribution in [0, 0.1) is 0 Å². The molecule has 3 N–H and O–H groups in total. The topological polar surface area (TPSA) is 119 Å². The molecular weight excluding hydrogens is 603 g/mol. The lowest BCUT2D eigenvalue weighted by atomic mass is 10.1. The maximum absolute atomic E-state index is 12.9. The second-order valence-electron chi connectivity index (χ2n) is 10.9. The van der Waals surface area contributed by atoms with Crippen molar-refractivity contribution in [2.24, 2.45) is 0 Å². The Bertz CT molecular complexity index is 1500. The third kappa shape index (κ3) is 8.89. The molecule has 0 spiro atoms. The van der Waals surface area contributed by atoms with E-state index >= 15 is 0 Å². The van der Waals surface area contributed by atoms with Gasteiger partial charge in [-0.3, -0.25) is 29.4 Å². The van der Waals surface area contributed by atoms with Crippen molar-refractivity contribution in [2.75, 3.05) is 19.7 Å². The number of carbonyl (C=O) groups excluding carboxylic acids is 4. The number of amides is 4. The number of benzene rings is 3. The van der Waals surface area contributed by atoms with Crippen LogP contribution in [0.2, 0.25) is 10.0 Å². The molecule has 4 amide bonds. The van der Waals surface area contributed by atoms with E-state index in [2.05, 4.69) is 15.5 Å². The zero-order valence-electron chi connectivity index (χ0n) is 24.5. The number of imide groups is 1. The number of fused-ring (bicyclic) bond motifs is 1. The van der Waals surface area contributed by atoms with Crippen LogP contribution < -0.4 is 10.6 Å². The molecule has 1 aliphatic rings. The Morgan fingerprint density at radius 2 is 1.73 bits per heavy atom. The summed E-state index contributed by atoms with van der Waals surface area (Å²) in [6.45, 7) is 4.58. The number of nitrogens with one attached hydrogen (secondary N) is 2. The fourth-order valence-corrected chi connectivity index (χ4v) is 5.49. The van der Waals surface area contributed by atoms with E-state index in [1.807, 2.05) is 43.3 Å². The van der Waals surface area contributed by atoms with Crippen LogP contribution in [0.1, 0.15) is 62.7 Å². The third-order valence-corrected chi connectivity index (χ3v) is 8.48. The molecule has 0 bridgehead atoms. The van der Waals surface area contributed by atoms with Crippen molar-refractivity contribution in [3.63, 3.8) is 0 Å². The average Bonchev–Trinajstić information content (AvgIpc) is 3.35. The van der Waals surface area contributed by atoms with Gasteiger partial charge in [0.1, 0.15) is 0 Å². The van der Waals surface area contributed by atoms with E-state index in [4.69, 9.17) is 23.2 Å². The van der Waals surface area contributed by atoms with Gasteiger partial charge in [0, 0.05) is 56.3 Å². The Morgan fingerprint density at radius 1 is 1.00 bits per heavy atom. The molecule has 0 radical (unpaired) electrons. The highest BCUT2D eigenvalue weighted by Gasteiger charge is 2.31. The van der Waals surface area contributed by atoms with Gasteiger partial charge in [0.05, 0.1) is 16.7 Å². The minimum absolute atomic E-state index is 0.0562. The van der Waals surface area contributed by atoms with Crippen molar-refractivity contribution in [3.05, 3.63) is 104 Å². The van der Waals surface area contributed by atoms with Crippen molar-refractivity contribution < 1.29 is 24.3 Å². The van der Waals surface area contributed by atoms with Crippen molar-refractivity contribution in [1.82, 2.24) is 20.4 Å². The van der Waals surface area contributed by atoms with Gasteiger partial charge in [-0.1, -0.05) is 53.5 Å². The van der Waals surface area contributed by atoms with E-state index in [-0.39, 0.29) is 36.8 Å². The predicted octanol–water partition coefficient (Wildman–Crippen LogP) is 4.36. The van der Waals surface area contributed by atoms with Crippen LogP contribution in [0.4, 0.5) is 0 Å². The van der Waals surface area contributed by atoms with Crippen LogP contribution in [-0.4, -0.2) is 64.8 Å². The molecule has 1 aliphatic heterocycles. The molecule has 44 heavy (non-hydrogen) atoms. The number of aliphatic hydroxyl groups excluding tert-OH is 1. The fourth-order valence-electron chi connectivity index (χ4n) is 5.17. The first kappa shape index (κ1) is 33.1. The number of carbonyl (C=O) groups is 4. The summed E-state index contributed by atoms with van der Waals surface area (Å²) in [5, 5.41) is 15.7. The second kappa shape index (κ2) is 15.8. The molecule has 4 rings (SSSR count). The quantitative estimate of drug-likeness (QED) is 0.213. The van der Waals surface area contributed by atoms with Gasteiger partial charge in [0.2, 0.25) is 12.3 Å². The Morgan fingerprint density at radius 3 is 2.43 bits per heavy atom. The summed E-state index contributed by atoms with van der Waals surface area (Å²) in [4.78, 5) is 51.7. The van der Waals surface area contributed by atoms with Crippen molar-refractivity contribution >= 4 is 47.3 Å². The van der Waals surface area contributed by atoms with Crippen LogP contribution >= 0.6 is 23.2 Å². The van der Waals surface area contributed by atoms with Gasteiger partial charge in [-0.2, -0.15) is 0 Å². The lowest BCUT2D eigenvalue weighted by Gasteiger charge is -2.23. The molecule has 3 aromatic rings. The van der Waals surface area contributed by atoms with Gasteiger partial charge < -0.3 is 15.3 Å². The molecule has 9 nitrogen and oxygen atoms in total. The first-order chi connectivity index (χ1) is 21.2. The second-order valence-corrected chi connectivity index (χ2v) is 11.7. The number of nitrogens with zero attached hydrogens (tertiary/aromatic N) is 2. The summed E-state index contributed by atoms with van der Waals surface area (Å²) >= 11 is 12.2. The monoisotopic (exact) mass is 638 g/mol. The molecule has 11 heteroatoms. The number of aliphatic hydroxyl groups is 1. The van der Waals surface area contributed by atoms with Crippen molar-refractivity contribution in [3.8, 4) is 0 Å². The molecule has 0 aromatic heterocycles. The highest BCUT2D eigenvalue weighted by atomic mass is 35.5. The summed E-state index contributed by atoms with van der Waals surface area (Å²) in [6.07, 6.45) is 1.68. The van der Waals surface area contributed by atoms with Gasteiger partial charge >= 0.3 is 0 Å². The smallest absolute Gasteiger partial charge is 0.254 e. The van der Waals surface area contributed by atoms with Gasteiger partial charge in [-0.25, -0.2) is 0 Å². The first-order valence-corrected chi connectivity index (χ1v) is 15.2. The Labute approximate surface area is 267 Å². The van der Waals surface area contributed by atoms with E-state index in [9.17, 15) is 24.3 Å². The number of hydrogen-bond acceptors (Lipinski definition) is 6. The number of hydrogen-bond donors (Lipinski definition) is 3. The summed E-state index contributed by atoms with van der Waals surface area (Å²) in [7, 11) is 0. The van der Waals surface area contributed by atoms with Crippen molar-refractivity contribution in [1.29, 1.82) is 0 Å². The molecule has 0 saturated carbocycles. The van der Waals surface area contributed by atoms with Gasteiger partial charge in [0.15, 0.2) is 0 Å². The summed E-state index contributed by atoms with van der Waals surface area (Å²) in [5.41, 5.74) is 4.90. The van der Waals surface area contributed by atoms with Crippen LogP contribution in [0.5, 0.6) is 0 Å². The molecule has 3 aromatic carbocycles. The molecule has 0 aliphatic carbocycles. The average molecular weight is 640 g/mol. The zero-order valence-corrected chi connectivity index (χ0v) is 26.0. The third-order valence-electron chi connectivity index (χ3n) is 7.74. The Balaban J connectivity index is 1.28. The number of halogens is 2. The summed E-state index contributed by atoms with van der Waals surface area (Å²) in [6, 6.07) is 18.5. The SMILES string of the molecule is CC(CCC(=O)NC=O)N1Cc2cc(C(=O)NCc3ccc(CN(CCO)CCc4ccc(Cl)c(Cl)c4)cc3)ccc2C1=O. The van der Waals surface area contributed by atoms with Crippen LogP contribution in [0.15, 0.2) is 60.7 Å². The predicted molar refractivity (Wildman–Crippen MR) is 169 cm³/mol. The van der Waals surface area contributed by atoms with Crippen LogP contribution in [0.25, 0.3) is 0 Å². The lowest BCUT2D eigenvalue weighted by Crippen LogP contribution is -2.34. The minimum atomic E-state index is -0.385. The van der Waals surface area contributed by atoms with Gasteiger partial charge in [-0.05, 0) is 72.4 Å². The Kier molecular flexibility index (Phi) is 11.9. The minimum Gasteiger partial charge on any atom is -0.395 e. The van der Waals surface area contributed by atoms with Gasteiger partial charge in [-0.15, -0.1) is 0 Å². The maximum Gasteiger partial charge on any atom is 0.254 e. The number of rotatable bonds is 15. The highest BCUT2D eigenvalue weighted by Crippen LogP contribution is 2.27. The standard InChI is InChI=1S/C33H36Cl2N4O5/c1-22(2-11-31(42)37-21-41)39-20-27-17-26(8-9-28(27)33(39)44)32(43)36-18-24-3-5-25(6-4-24)19-38(14-15-40)13-12-23-7-10-29(34)30(35)16-23/h3-10,16-17,21-22,40H,2,11-15,18-20H2,1H3,(H,36,43)(H,37,41,42). The molecule has 0 fully saturated rings. The maximum atomic E-state index is 12.9. The van der Waals surface area contributed by atoms with E-state index in [1.165, 1.54) is 0 Å². The van der Waals surface area contributed by atoms with Crippen molar-refractivity contribution in [2.45, 2.75) is 51.9 Å². The molecule has 232 valence electrons. The molecule has 1 heterocycles.